The summed E-state index contributed by atoms with van der Waals surface area (Å²) in [5, 5.41) is 2.79. The first-order chi connectivity index (χ1) is 12.3. The molecule has 1 heterocycles. The molecular weight excluding hydrogens is 328 g/mol. The minimum Gasteiger partial charge on any atom is -0.369 e. The van der Waals surface area contributed by atoms with Crippen LogP contribution >= 0.6 is 0 Å². The second kappa shape index (κ2) is 6.63. The Balaban J connectivity index is 1.99. The lowest BCUT2D eigenvalue weighted by atomic mass is 9.86. The molecule has 0 spiro atoms. The predicted octanol–water partition coefficient (Wildman–Crippen LogP) is 2.70. The van der Waals surface area contributed by atoms with E-state index < -0.39 is 5.54 Å². The van der Waals surface area contributed by atoms with Gasteiger partial charge in [-0.3, -0.25) is 14.5 Å². The summed E-state index contributed by atoms with van der Waals surface area (Å²) in [5.74, 6) is 0.0536. The molecule has 0 aliphatic carbocycles. The number of rotatable bonds is 3. The second-order valence-corrected chi connectivity index (χ2v) is 6.72. The van der Waals surface area contributed by atoms with Crippen LogP contribution < -0.4 is 11.1 Å². The maximum Gasteiger partial charge on any atom is 0.231 e. The largest absolute Gasteiger partial charge is 0.369 e. The summed E-state index contributed by atoms with van der Waals surface area (Å²) in [6.45, 7) is 3.39. The molecule has 26 heavy (non-hydrogen) atoms. The molecule has 1 aliphatic rings. The molecule has 3 rings (SSSR count). The Labute approximate surface area is 152 Å². The van der Waals surface area contributed by atoms with Gasteiger partial charge in [-0.25, -0.2) is 4.99 Å². The summed E-state index contributed by atoms with van der Waals surface area (Å²) in [6, 6.07) is 15.5. The van der Waals surface area contributed by atoms with Gasteiger partial charge in [-0.2, -0.15) is 0 Å². The van der Waals surface area contributed by atoms with Crippen molar-refractivity contribution in [1.29, 1.82) is 0 Å². The molecule has 3 N–H and O–H groups in total. The number of nitrogens with zero attached hydrogens (tertiary/aromatic N) is 2. The van der Waals surface area contributed by atoms with Gasteiger partial charge in [-0.15, -0.1) is 0 Å². The van der Waals surface area contributed by atoms with Crippen LogP contribution in [0.2, 0.25) is 0 Å². The van der Waals surface area contributed by atoms with Crippen molar-refractivity contribution in [2.24, 2.45) is 10.7 Å². The van der Waals surface area contributed by atoms with Gasteiger partial charge in [0.25, 0.3) is 0 Å². The lowest BCUT2D eigenvalue weighted by Gasteiger charge is -2.33. The van der Waals surface area contributed by atoms with Crippen molar-refractivity contribution >= 4 is 23.5 Å². The van der Waals surface area contributed by atoms with Crippen molar-refractivity contribution in [2.45, 2.75) is 25.8 Å². The normalized spacial score (nSPS) is 19.9. The van der Waals surface area contributed by atoms with E-state index in [1.54, 1.807) is 7.05 Å². The number of amides is 2. The zero-order valence-electron chi connectivity index (χ0n) is 15.1. The van der Waals surface area contributed by atoms with Crippen molar-refractivity contribution in [3.05, 3.63) is 54.1 Å². The maximum absolute atomic E-state index is 12.2. The standard InChI is InChI=1S/C20H22N4O2/c1-13(25)22-17-9-5-7-15(11-17)14-6-4-8-16(10-14)20(2)12-18(26)24(3)19(21)23-20/h4-11H,12H2,1-3H3,(H2,21,23)(H,22,25)/t20-/m0/s1. The number of hydrogen-bond donors (Lipinski definition) is 2. The third-order valence-electron chi connectivity index (χ3n) is 4.58. The molecule has 1 aliphatic heterocycles. The summed E-state index contributed by atoms with van der Waals surface area (Å²) < 4.78 is 0. The van der Waals surface area contributed by atoms with Crippen LogP contribution in [0, 0.1) is 0 Å². The number of nitrogens with one attached hydrogen (secondary N) is 1. The Hall–Kier alpha value is -3.15. The van der Waals surface area contributed by atoms with E-state index in [1.807, 2.05) is 55.5 Å². The lowest BCUT2D eigenvalue weighted by molar-refractivity contribution is -0.128. The smallest absolute Gasteiger partial charge is 0.231 e. The minimum absolute atomic E-state index is 0.0574. The Morgan fingerprint density at radius 2 is 1.85 bits per heavy atom. The third kappa shape index (κ3) is 3.44. The molecular formula is C20H22N4O2. The number of aliphatic imine (C=N–C) groups is 1. The molecule has 0 saturated heterocycles. The summed E-state index contributed by atoms with van der Waals surface area (Å²) >= 11 is 0. The highest BCUT2D eigenvalue weighted by molar-refractivity contribution is 5.98. The molecule has 0 bridgehead atoms. The van der Waals surface area contributed by atoms with Crippen molar-refractivity contribution in [3.8, 4) is 11.1 Å². The van der Waals surface area contributed by atoms with Crippen molar-refractivity contribution < 1.29 is 9.59 Å². The van der Waals surface area contributed by atoms with E-state index in [1.165, 1.54) is 11.8 Å². The van der Waals surface area contributed by atoms with Gasteiger partial charge in [-0.1, -0.05) is 30.3 Å². The zero-order valence-corrected chi connectivity index (χ0v) is 15.1. The van der Waals surface area contributed by atoms with E-state index in [2.05, 4.69) is 10.3 Å². The van der Waals surface area contributed by atoms with E-state index in [9.17, 15) is 9.59 Å². The molecule has 0 radical (unpaired) electrons. The first kappa shape index (κ1) is 17.7. The summed E-state index contributed by atoms with van der Waals surface area (Å²) in [7, 11) is 1.63. The number of guanidine groups is 1. The van der Waals surface area contributed by atoms with Gasteiger partial charge in [0, 0.05) is 19.7 Å². The van der Waals surface area contributed by atoms with Crippen LogP contribution in [0.1, 0.15) is 25.8 Å². The van der Waals surface area contributed by atoms with Crippen LogP contribution in [-0.2, 0) is 15.1 Å². The number of anilines is 1. The molecule has 0 fully saturated rings. The quantitative estimate of drug-likeness (QED) is 0.892. The van der Waals surface area contributed by atoms with Crippen molar-refractivity contribution in [1.82, 2.24) is 4.90 Å². The Morgan fingerprint density at radius 3 is 2.50 bits per heavy atom. The maximum atomic E-state index is 12.2. The van der Waals surface area contributed by atoms with Gasteiger partial charge in [0.2, 0.25) is 11.8 Å². The summed E-state index contributed by atoms with van der Waals surface area (Å²) in [6.07, 6.45) is 0.263. The predicted molar refractivity (Wildman–Crippen MR) is 103 cm³/mol. The van der Waals surface area contributed by atoms with Gasteiger partial charge in [0.05, 0.1) is 12.0 Å². The number of carbonyl (C=O) groups is 2. The van der Waals surface area contributed by atoms with Gasteiger partial charge in [0.1, 0.15) is 0 Å². The van der Waals surface area contributed by atoms with Crippen molar-refractivity contribution in [3.63, 3.8) is 0 Å². The van der Waals surface area contributed by atoms with E-state index in [-0.39, 0.29) is 24.2 Å². The Morgan fingerprint density at radius 1 is 1.19 bits per heavy atom. The molecule has 0 aromatic heterocycles. The highest BCUT2D eigenvalue weighted by Gasteiger charge is 2.36. The molecule has 0 unspecified atom stereocenters. The van der Waals surface area contributed by atoms with Crippen LogP contribution in [0.4, 0.5) is 5.69 Å². The molecule has 2 aromatic carbocycles. The summed E-state index contributed by atoms with van der Waals surface area (Å²) in [4.78, 5) is 29.4. The fourth-order valence-corrected chi connectivity index (χ4v) is 3.09. The van der Waals surface area contributed by atoms with E-state index >= 15 is 0 Å². The monoisotopic (exact) mass is 350 g/mol. The average molecular weight is 350 g/mol. The fraction of sp³-hybridized carbons (Fsp3) is 0.250. The molecule has 1 atom stereocenters. The highest BCUT2D eigenvalue weighted by atomic mass is 16.2. The first-order valence-corrected chi connectivity index (χ1v) is 8.39. The molecule has 6 heteroatoms. The second-order valence-electron chi connectivity index (χ2n) is 6.72. The van der Waals surface area contributed by atoms with Gasteiger partial charge in [-0.05, 0) is 41.8 Å². The van der Waals surface area contributed by atoms with Gasteiger partial charge in [0.15, 0.2) is 5.96 Å². The average Bonchev–Trinajstić information content (AvgIpc) is 2.59. The Bertz CT molecular complexity index is 906. The minimum atomic E-state index is -0.696. The van der Waals surface area contributed by atoms with Gasteiger partial charge >= 0.3 is 0 Å². The Kier molecular flexibility index (Phi) is 4.50. The molecule has 0 saturated carbocycles. The van der Waals surface area contributed by atoms with Crippen molar-refractivity contribution in [2.75, 3.05) is 12.4 Å². The highest BCUT2D eigenvalue weighted by Crippen LogP contribution is 2.35. The van der Waals surface area contributed by atoms with Crippen LogP contribution in [0.3, 0.4) is 0 Å². The third-order valence-corrected chi connectivity index (χ3v) is 4.58. The van der Waals surface area contributed by atoms with E-state index in [0.29, 0.717) is 0 Å². The van der Waals surface area contributed by atoms with Crippen LogP contribution in [-0.4, -0.2) is 29.7 Å². The van der Waals surface area contributed by atoms with E-state index in [4.69, 9.17) is 5.73 Å². The van der Waals surface area contributed by atoms with E-state index in [0.717, 1.165) is 22.4 Å². The zero-order chi connectivity index (χ0) is 18.9. The topological polar surface area (TPSA) is 87.8 Å². The van der Waals surface area contributed by atoms with Crippen LogP contribution in [0.25, 0.3) is 11.1 Å². The number of benzene rings is 2. The number of carbonyl (C=O) groups excluding carboxylic acids is 2. The molecule has 2 amide bonds. The fourth-order valence-electron chi connectivity index (χ4n) is 3.09. The van der Waals surface area contributed by atoms with Gasteiger partial charge < -0.3 is 11.1 Å². The molecule has 6 nitrogen and oxygen atoms in total. The van der Waals surface area contributed by atoms with Crippen LogP contribution in [0.5, 0.6) is 0 Å². The van der Waals surface area contributed by atoms with Crippen LogP contribution in [0.15, 0.2) is 53.5 Å². The number of nitrogens with two attached hydrogens (primary N) is 1. The lowest BCUT2D eigenvalue weighted by Crippen LogP contribution is -2.47. The molecule has 2 aromatic rings. The number of hydrogen-bond acceptors (Lipinski definition) is 4. The SMILES string of the molecule is CC(=O)Nc1cccc(-c2cccc([C@]3(C)CC(=O)N(C)C(N)=N3)c2)c1. The first-order valence-electron chi connectivity index (χ1n) is 8.39. The molecule has 134 valence electrons. The summed E-state index contributed by atoms with van der Waals surface area (Å²) in [5.41, 5.74) is 8.83.